The molecule has 0 radical (unpaired) electrons. The zero-order valence-electron chi connectivity index (χ0n) is 19.8. The lowest BCUT2D eigenvalue weighted by Crippen LogP contribution is -2.51. The van der Waals surface area contributed by atoms with E-state index < -0.39 is 40.0 Å². The van der Waals surface area contributed by atoms with Gasteiger partial charge in [0, 0.05) is 29.2 Å². The molecule has 2 atom stereocenters. The van der Waals surface area contributed by atoms with Gasteiger partial charge >= 0.3 is 11.9 Å². The smallest absolute Gasteiger partial charge is 0.360 e. The summed E-state index contributed by atoms with van der Waals surface area (Å²) in [5, 5.41) is 12.4. The van der Waals surface area contributed by atoms with Crippen LogP contribution in [-0.2, 0) is 26.0 Å². The normalized spacial score (nSPS) is 16.6. The number of hydrogen-bond donors (Lipinski definition) is 3. The highest BCUT2D eigenvalue weighted by atomic mass is 35.5. The summed E-state index contributed by atoms with van der Waals surface area (Å²) >= 11 is 11.9. The van der Waals surface area contributed by atoms with E-state index in [1.54, 1.807) is 30.5 Å². The lowest BCUT2D eigenvalue weighted by molar-refractivity contribution is -0.142. The van der Waals surface area contributed by atoms with Crippen LogP contribution >= 0.6 is 23.2 Å². The van der Waals surface area contributed by atoms with Crippen LogP contribution in [0.15, 0.2) is 65.7 Å². The molecule has 4 rings (SSSR count). The Bertz CT molecular complexity index is 1420. The van der Waals surface area contributed by atoms with Gasteiger partial charge in [-0.3, -0.25) is 4.79 Å². The van der Waals surface area contributed by atoms with Crippen molar-refractivity contribution >= 4 is 51.1 Å². The maximum atomic E-state index is 13.2. The van der Waals surface area contributed by atoms with Crippen molar-refractivity contribution in [1.29, 1.82) is 0 Å². The number of carbonyl (C=O) groups excluding carboxylic acids is 2. The topological polar surface area (TPSA) is 146 Å². The number of hydrogen-bond acceptors (Lipinski definition) is 6. The molecule has 0 saturated carbocycles. The number of nitrogens with zero attached hydrogens (tertiary/aromatic N) is 1. The maximum Gasteiger partial charge on any atom is 0.360 e. The zero-order valence-corrected chi connectivity index (χ0v) is 22.1. The lowest BCUT2D eigenvalue weighted by Gasteiger charge is -2.25. The third kappa shape index (κ3) is 6.36. The van der Waals surface area contributed by atoms with Crippen molar-refractivity contribution in [3.63, 3.8) is 0 Å². The first-order valence-corrected chi connectivity index (χ1v) is 13.7. The predicted molar refractivity (Wildman–Crippen MR) is 139 cm³/mol. The SMILES string of the molecule is O=C(Oc1ccc(C[C@H](NC(=O)[C@@H]2CCCN2S(=O)(=O)c2cc(Cl)cc(Cl)c2)C(=O)O)cc1)c1ccc[nH]1. The van der Waals surface area contributed by atoms with Gasteiger partial charge in [0.15, 0.2) is 0 Å². The number of carbonyl (C=O) groups is 3. The first kappa shape index (κ1) is 27.6. The molecule has 1 saturated heterocycles. The fraction of sp³-hybridized carbons (Fsp3) is 0.240. The molecule has 38 heavy (non-hydrogen) atoms. The Morgan fingerprint density at radius 1 is 1.11 bits per heavy atom. The van der Waals surface area contributed by atoms with Gasteiger partial charge in [0.2, 0.25) is 15.9 Å². The molecule has 1 fully saturated rings. The molecule has 200 valence electrons. The fourth-order valence-corrected chi connectivity index (χ4v) is 6.50. The van der Waals surface area contributed by atoms with Crippen LogP contribution < -0.4 is 10.1 Å². The Morgan fingerprint density at radius 2 is 1.79 bits per heavy atom. The number of aliphatic carboxylic acids is 1. The van der Waals surface area contributed by atoms with E-state index in [0.29, 0.717) is 12.0 Å². The van der Waals surface area contributed by atoms with Crippen LogP contribution in [0.2, 0.25) is 10.0 Å². The molecule has 0 unspecified atom stereocenters. The number of carboxylic acids is 1. The molecule has 10 nitrogen and oxygen atoms in total. The Hall–Kier alpha value is -3.38. The Kier molecular flexibility index (Phi) is 8.41. The average Bonchev–Trinajstić information content (AvgIpc) is 3.57. The van der Waals surface area contributed by atoms with Gasteiger partial charge in [0.05, 0.1) is 4.90 Å². The molecule has 2 heterocycles. The van der Waals surface area contributed by atoms with Gasteiger partial charge in [-0.2, -0.15) is 4.31 Å². The van der Waals surface area contributed by atoms with E-state index in [4.69, 9.17) is 27.9 Å². The van der Waals surface area contributed by atoms with Gasteiger partial charge in [0.1, 0.15) is 23.5 Å². The van der Waals surface area contributed by atoms with Crippen LogP contribution in [-0.4, -0.2) is 59.3 Å². The van der Waals surface area contributed by atoms with Gasteiger partial charge in [0.25, 0.3) is 0 Å². The number of amides is 1. The number of halogens is 2. The predicted octanol–water partition coefficient (Wildman–Crippen LogP) is 3.51. The first-order valence-electron chi connectivity index (χ1n) is 11.5. The number of nitrogens with one attached hydrogen (secondary N) is 2. The van der Waals surface area contributed by atoms with Gasteiger partial charge in [-0.25, -0.2) is 18.0 Å². The third-order valence-corrected chi connectivity index (χ3v) is 8.28. The highest BCUT2D eigenvalue weighted by molar-refractivity contribution is 7.89. The van der Waals surface area contributed by atoms with Crippen LogP contribution in [0.3, 0.4) is 0 Å². The van der Waals surface area contributed by atoms with Crippen molar-refractivity contribution in [3.8, 4) is 5.75 Å². The van der Waals surface area contributed by atoms with Crippen molar-refractivity contribution < 1.29 is 32.6 Å². The Morgan fingerprint density at radius 3 is 2.39 bits per heavy atom. The molecule has 0 aliphatic carbocycles. The highest BCUT2D eigenvalue weighted by Gasteiger charge is 2.40. The molecule has 3 N–H and O–H groups in total. The van der Waals surface area contributed by atoms with Crippen molar-refractivity contribution in [2.45, 2.75) is 36.2 Å². The summed E-state index contributed by atoms with van der Waals surface area (Å²) in [7, 11) is -4.11. The lowest BCUT2D eigenvalue weighted by atomic mass is 10.1. The number of benzene rings is 2. The van der Waals surface area contributed by atoms with Gasteiger partial charge in [-0.05, 0) is 60.9 Å². The summed E-state index contributed by atoms with van der Waals surface area (Å²) in [5.74, 6) is -2.32. The monoisotopic (exact) mass is 579 g/mol. The molecule has 1 aliphatic heterocycles. The molecule has 0 bridgehead atoms. The average molecular weight is 580 g/mol. The second-order valence-electron chi connectivity index (χ2n) is 8.60. The third-order valence-electron chi connectivity index (χ3n) is 5.96. The minimum Gasteiger partial charge on any atom is -0.480 e. The van der Waals surface area contributed by atoms with E-state index in [0.717, 1.165) is 4.31 Å². The van der Waals surface area contributed by atoms with Crippen LogP contribution in [0.1, 0.15) is 28.9 Å². The molecule has 13 heteroatoms. The van der Waals surface area contributed by atoms with Gasteiger partial charge in [-0.15, -0.1) is 0 Å². The summed E-state index contributed by atoms with van der Waals surface area (Å²) in [6, 6.07) is 10.9. The minimum absolute atomic E-state index is 0.0741. The van der Waals surface area contributed by atoms with Crippen LogP contribution in [0.25, 0.3) is 0 Å². The van der Waals surface area contributed by atoms with E-state index in [2.05, 4.69) is 10.3 Å². The number of esters is 1. The number of rotatable bonds is 9. The number of aromatic amines is 1. The van der Waals surface area contributed by atoms with E-state index in [1.807, 2.05) is 0 Å². The molecule has 1 amide bonds. The molecule has 3 aromatic rings. The Balaban J connectivity index is 1.43. The van der Waals surface area contributed by atoms with Crippen molar-refractivity contribution in [2.24, 2.45) is 0 Å². The maximum absolute atomic E-state index is 13.2. The number of sulfonamides is 1. The second kappa shape index (κ2) is 11.6. The first-order chi connectivity index (χ1) is 18.0. The number of H-pyrrole nitrogens is 1. The molecular formula is C25H23Cl2N3O7S. The summed E-state index contributed by atoms with van der Waals surface area (Å²) in [6.07, 6.45) is 2.17. The summed E-state index contributed by atoms with van der Waals surface area (Å²) in [6.45, 7) is 0.0883. The number of carboxylic acid groups (broad SMARTS) is 1. The van der Waals surface area contributed by atoms with E-state index >= 15 is 0 Å². The van der Waals surface area contributed by atoms with E-state index in [9.17, 15) is 27.9 Å². The molecule has 1 aliphatic rings. The fourth-order valence-electron chi connectivity index (χ4n) is 4.12. The van der Waals surface area contributed by atoms with E-state index in [-0.39, 0.29) is 45.8 Å². The molecular weight excluding hydrogens is 557 g/mol. The van der Waals surface area contributed by atoms with Crippen LogP contribution in [0, 0.1) is 0 Å². The van der Waals surface area contributed by atoms with Gasteiger partial charge < -0.3 is 20.1 Å². The summed E-state index contributed by atoms with van der Waals surface area (Å²) in [5.41, 5.74) is 0.839. The summed E-state index contributed by atoms with van der Waals surface area (Å²) in [4.78, 5) is 39.6. The van der Waals surface area contributed by atoms with Gasteiger partial charge in [-0.1, -0.05) is 35.3 Å². The minimum atomic E-state index is -4.11. The van der Waals surface area contributed by atoms with Crippen molar-refractivity contribution in [3.05, 3.63) is 82.1 Å². The van der Waals surface area contributed by atoms with Crippen molar-refractivity contribution in [1.82, 2.24) is 14.6 Å². The molecule has 0 spiro atoms. The zero-order chi connectivity index (χ0) is 27.4. The Labute approximate surface area is 228 Å². The standard InChI is InChI=1S/C25H23Cl2N3O7S/c26-16-12-17(27)14-19(13-16)38(35,36)30-10-2-4-22(30)23(31)29-21(24(32)33)11-15-5-7-18(8-6-15)37-25(34)20-3-1-9-28-20/h1,3,5-9,12-14,21-22,28H,2,4,10-11H2,(H,29,31)(H,32,33)/t21-,22-/m0/s1. The van der Waals surface area contributed by atoms with Crippen LogP contribution in [0.5, 0.6) is 5.75 Å². The summed E-state index contributed by atoms with van der Waals surface area (Å²) < 4.78 is 32.7. The molecule has 2 aromatic carbocycles. The molecule has 1 aromatic heterocycles. The number of ether oxygens (including phenoxy) is 1. The second-order valence-corrected chi connectivity index (χ2v) is 11.4. The van der Waals surface area contributed by atoms with E-state index in [1.165, 1.54) is 30.3 Å². The van der Waals surface area contributed by atoms with Crippen LogP contribution in [0.4, 0.5) is 0 Å². The number of aromatic nitrogens is 1. The highest BCUT2D eigenvalue weighted by Crippen LogP contribution is 2.30. The quantitative estimate of drug-likeness (QED) is 0.259. The van der Waals surface area contributed by atoms with Crippen molar-refractivity contribution in [2.75, 3.05) is 6.54 Å². The largest absolute Gasteiger partial charge is 0.480 e.